The Morgan fingerprint density at radius 2 is 1.75 bits per heavy atom. The highest BCUT2D eigenvalue weighted by molar-refractivity contribution is 9.10. The Bertz CT molecular complexity index is 586. The van der Waals surface area contributed by atoms with Gasteiger partial charge in [-0.1, -0.05) is 47.1 Å². The molecule has 2 aromatic rings. The third-order valence-corrected chi connectivity index (χ3v) is 3.58. The van der Waals surface area contributed by atoms with Gasteiger partial charge < -0.3 is 5.32 Å². The zero-order chi connectivity index (χ0) is 14.5. The SMILES string of the molecule is CCCNC(c1ccccc1F)c1ccc(Br)cc1F. The van der Waals surface area contributed by atoms with E-state index in [-0.39, 0.29) is 11.6 Å². The molecule has 2 rings (SSSR count). The Kier molecular flexibility index (Phi) is 5.26. The Morgan fingerprint density at radius 1 is 1.05 bits per heavy atom. The van der Waals surface area contributed by atoms with E-state index in [4.69, 9.17) is 0 Å². The number of benzene rings is 2. The molecule has 0 heterocycles. The normalized spacial score (nSPS) is 12.4. The summed E-state index contributed by atoms with van der Waals surface area (Å²) in [6.45, 7) is 2.71. The van der Waals surface area contributed by atoms with Crippen LogP contribution in [-0.4, -0.2) is 6.54 Å². The molecular formula is C16H16BrF2N. The van der Waals surface area contributed by atoms with Crippen molar-refractivity contribution in [3.63, 3.8) is 0 Å². The molecule has 0 aliphatic heterocycles. The van der Waals surface area contributed by atoms with E-state index in [1.807, 2.05) is 6.92 Å². The maximum absolute atomic E-state index is 14.2. The highest BCUT2D eigenvalue weighted by Gasteiger charge is 2.20. The van der Waals surface area contributed by atoms with E-state index in [1.165, 1.54) is 12.1 Å². The Labute approximate surface area is 126 Å². The molecule has 0 aliphatic rings. The summed E-state index contributed by atoms with van der Waals surface area (Å²) in [5, 5.41) is 3.21. The Hall–Kier alpha value is -1.26. The first kappa shape index (κ1) is 15.1. The Morgan fingerprint density at radius 3 is 2.40 bits per heavy atom. The van der Waals surface area contributed by atoms with Gasteiger partial charge in [-0.25, -0.2) is 8.78 Å². The van der Waals surface area contributed by atoms with Crippen molar-refractivity contribution in [1.29, 1.82) is 0 Å². The zero-order valence-electron chi connectivity index (χ0n) is 11.2. The minimum atomic E-state index is -0.482. The lowest BCUT2D eigenvalue weighted by molar-refractivity contribution is 0.520. The van der Waals surface area contributed by atoms with Gasteiger partial charge in [0.1, 0.15) is 11.6 Å². The smallest absolute Gasteiger partial charge is 0.129 e. The topological polar surface area (TPSA) is 12.0 Å². The second-order valence-electron chi connectivity index (χ2n) is 4.57. The molecule has 1 N–H and O–H groups in total. The van der Waals surface area contributed by atoms with Crippen molar-refractivity contribution in [1.82, 2.24) is 5.32 Å². The lowest BCUT2D eigenvalue weighted by Crippen LogP contribution is -2.25. The molecular weight excluding hydrogens is 324 g/mol. The van der Waals surface area contributed by atoms with Crippen LogP contribution < -0.4 is 5.32 Å². The molecule has 0 saturated heterocycles. The van der Waals surface area contributed by atoms with Crippen molar-refractivity contribution in [3.05, 3.63) is 69.7 Å². The standard InChI is InChI=1S/C16H16BrF2N/c1-2-9-20-16(12-5-3-4-6-14(12)18)13-8-7-11(17)10-15(13)19/h3-8,10,16,20H,2,9H2,1H3. The molecule has 0 fully saturated rings. The summed E-state index contributed by atoms with van der Waals surface area (Å²) in [4.78, 5) is 0. The van der Waals surface area contributed by atoms with Crippen LogP contribution in [-0.2, 0) is 0 Å². The second kappa shape index (κ2) is 6.95. The van der Waals surface area contributed by atoms with Crippen molar-refractivity contribution >= 4 is 15.9 Å². The van der Waals surface area contributed by atoms with Crippen LogP contribution in [0, 0.1) is 11.6 Å². The summed E-state index contributed by atoms with van der Waals surface area (Å²) in [6, 6.07) is 10.8. The lowest BCUT2D eigenvalue weighted by atomic mass is 9.97. The Balaban J connectivity index is 2.44. The molecule has 1 nitrogen and oxygen atoms in total. The number of nitrogens with one attached hydrogen (secondary N) is 1. The molecule has 2 aromatic carbocycles. The fourth-order valence-corrected chi connectivity index (χ4v) is 2.45. The first-order valence-electron chi connectivity index (χ1n) is 6.56. The van der Waals surface area contributed by atoms with Crippen molar-refractivity contribution in [2.75, 3.05) is 6.54 Å². The highest BCUT2D eigenvalue weighted by atomic mass is 79.9. The highest BCUT2D eigenvalue weighted by Crippen LogP contribution is 2.28. The molecule has 0 aromatic heterocycles. The monoisotopic (exact) mass is 339 g/mol. The van der Waals surface area contributed by atoms with Crippen LogP contribution in [0.2, 0.25) is 0 Å². The molecule has 1 unspecified atom stereocenters. The van der Waals surface area contributed by atoms with E-state index < -0.39 is 6.04 Å². The van der Waals surface area contributed by atoms with Crippen molar-refractivity contribution in [3.8, 4) is 0 Å². The van der Waals surface area contributed by atoms with Gasteiger partial charge in [0.25, 0.3) is 0 Å². The average molecular weight is 340 g/mol. The van der Waals surface area contributed by atoms with Crippen LogP contribution in [0.15, 0.2) is 46.9 Å². The van der Waals surface area contributed by atoms with Crippen LogP contribution >= 0.6 is 15.9 Å². The predicted molar refractivity (Wildman–Crippen MR) is 80.6 cm³/mol. The van der Waals surface area contributed by atoms with Gasteiger partial charge in [-0.3, -0.25) is 0 Å². The van der Waals surface area contributed by atoms with E-state index in [0.717, 1.165) is 6.42 Å². The van der Waals surface area contributed by atoms with Crippen molar-refractivity contribution in [2.24, 2.45) is 0 Å². The summed E-state index contributed by atoms with van der Waals surface area (Å²) in [5.41, 5.74) is 0.911. The van der Waals surface area contributed by atoms with E-state index >= 15 is 0 Å². The molecule has 106 valence electrons. The lowest BCUT2D eigenvalue weighted by Gasteiger charge is -2.21. The minimum Gasteiger partial charge on any atom is -0.306 e. The zero-order valence-corrected chi connectivity index (χ0v) is 12.8. The fourth-order valence-electron chi connectivity index (χ4n) is 2.12. The average Bonchev–Trinajstić information content (AvgIpc) is 2.42. The molecule has 1 atom stereocenters. The molecule has 0 saturated carbocycles. The van der Waals surface area contributed by atoms with Crippen molar-refractivity contribution in [2.45, 2.75) is 19.4 Å². The molecule has 4 heteroatoms. The molecule has 0 amide bonds. The predicted octanol–water partition coefficient (Wildman–Crippen LogP) is 4.82. The van der Waals surface area contributed by atoms with Gasteiger partial charge >= 0.3 is 0 Å². The van der Waals surface area contributed by atoms with Gasteiger partial charge in [-0.15, -0.1) is 0 Å². The largest absolute Gasteiger partial charge is 0.306 e. The van der Waals surface area contributed by atoms with E-state index in [2.05, 4.69) is 21.2 Å². The molecule has 0 spiro atoms. The third kappa shape index (κ3) is 3.44. The van der Waals surface area contributed by atoms with Gasteiger partial charge in [0.15, 0.2) is 0 Å². The van der Waals surface area contributed by atoms with Crippen LogP contribution in [0.5, 0.6) is 0 Å². The number of rotatable bonds is 5. The van der Waals surface area contributed by atoms with Gasteiger partial charge in [0.05, 0.1) is 6.04 Å². The van der Waals surface area contributed by atoms with Crippen molar-refractivity contribution < 1.29 is 8.78 Å². The van der Waals surface area contributed by atoms with Crippen LogP contribution in [0.3, 0.4) is 0 Å². The summed E-state index contributed by atoms with van der Waals surface area (Å²) < 4.78 is 28.8. The fraction of sp³-hybridized carbons (Fsp3) is 0.250. The van der Waals surface area contributed by atoms with Gasteiger partial charge in [0.2, 0.25) is 0 Å². The molecule has 20 heavy (non-hydrogen) atoms. The van der Waals surface area contributed by atoms with E-state index in [0.29, 0.717) is 22.1 Å². The summed E-state index contributed by atoms with van der Waals surface area (Å²) >= 11 is 3.23. The van der Waals surface area contributed by atoms with Crippen LogP contribution in [0.25, 0.3) is 0 Å². The van der Waals surface area contributed by atoms with E-state index in [9.17, 15) is 8.78 Å². The molecule has 0 aliphatic carbocycles. The summed E-state index contributed by atoms with van der Waals surface area (Å²) in [5.74, 6) is -0.681. The first-order chi connectivity index (χ1) is 9.63. The quantitative estimate of drug-likeness (QED) is 0.823. The number of halogens is 3. The number of hydrogen-bond acceptors (Lipinski definition) is 1. The van der Waals surface area contributed by atoms with Gasteiger partial charge in [-0.05, 0) is 31.2 Å². The van der Waals surface area contributed by atoms with Gasteiger partial charge in [-0.2, -0.15) is 0 Å². The van der Waals surface area contributed by atoms with Gasteiger partial charge in [0, 0.05) is 15.6 Å². The minimum absolute atomic E-state index is 0.330. The molecule has 0 bridgehead atoms. The summed E-state index contributed by atoms with van der Waals surface area (Å²) in [7, 11) is 0. The third-order valence-electron chi connectivity index (χ3n) is 3.09. The van der Waals surface area contributed by atoms with E-state index in [1.54, 1.807) is 30.3 Å². The first-order valence-corrected chi connectivity index (χ1v) is 7.35. The maximum atomic E-state index is 14.2. The molecule has 0 radical (unpaired) electrons. The summed E-state index contributed by atoms with van der Waals surface area (Å²) in [6.07, 6.45) is 0.892. The maximum Gasteiger partial charge on any atom is 0.129 e. The van der Waals surface area contributed by atoms with Crippen LogP contribution in [0.1, 0.15) is 30.5 Å². The van der Waals surface area contributed by atoms with Crippen LogP contribution in [0.4, 0.5) is 8.78 Å². The second-order valence-corrected chi connectivity index (χ2v) is 5.49. The number of hydrogen-bond donors (Lipinski definition) is 1.